The molecule has 9 nitrogen and oxygen atoms in total. The smallest absolute Gasteiger partial charge is 0.269 e. The lowest BCUT2D eigenvalue weighted by Crippen LogP contribution is -2.19. The van der Waals surface area contributed by atoms with E-state index >= 15 is 0 Å². The Bertz CT molecular complexity index is 1250. The maximum atomic E-state index is 11.8. The zero-order valence-corrected chi connectivity index (χ0v) is 18.6. The molecule has 0 atom stereocenters. The molecule has 1 aromatic carbocycles. The van der Waals surface area contributed by atoms with E-state index in [1.54, 1.807) is 42.6 Å². The fourth-order valence-electron chi connectivity index (χ4n) is 3.04. The van der Waals surface area contributed by atoms with E-state index in [1.807, 2.05) is 0 Å². The van der Waals surface area contributed by atoms with Crippen molar-refractivity contribution in [2.45, 2.75) is 10.8 Å². The minimum Gasteiger partial charge on any atom is -0.492 e. The van der Waals surface area contributed by atoms with Crippen molar-refractivity contribution >= 4 is 29.2 Å². The maximum absolute atomic E-state index is 11.8. The standard InChI is InChI=1S/C23H21N7O2S/c1-27-20-19(15-3-5-16(6-4-15)32-10-8-24)17(12-25)23(30-21(20)26)33-13-14-7-9-29-18(11-14)22(31)28-2/h3-7,9,11H,8,10,13,24H2,2H3,(H2,26,30)(H,28,31). The molecule has 5 N–H and O–H groups in total. The minimum atomic E-state index is -0.287. The highest BCUT2D eigenvalue weighted by atomic mass is 32.2. The van der Waals surface area contributed by atoms with E-state index in [0.717, 1.165) is 5.56 Å². The number of carbonyl (C=O) groups excluding carboxylic acids is 1. The summed E-state index contributed by atoms with van der Waals surface area (Å²) in [7, 11) is 1.54. The second-order valence-electron chi connectivity index (χ2n) is 6.70. The molecule has 0 unspecified atom stereocenters. The van der Waals surface area contributed by atoms with Crippen LogP contribution in [0.4, 0.5) is 11.5 Å². The van der Waals surface area contributed by atoms with Crippen molar-refractivity contribution in [1.29, 1.82) is 5.26 Å². The van der Waals surface area contributed by atoms with Crippen LogP contribution in [-0.2, 0) is 5.75 Å². The maximum Gasteiger partial charge on any atom is 0.269 e. The topological polar surface area (TPSA) is 144 Å². The molecule has 3 rings (SSSR count). The van der Waals surface area contributed by atoms with Crippen LogP contribution in [0.5, 0.6) is 5.75 Å². The SMILES string of the molecule is [C-]#[N+]c1c(N)nc(SCc2ccnc(C(=O)NC)c2)c(C#N)c1-c1ccc(OCCN)cc1. The van der Waals surface area contributed by atoms with Gasteiger partial charge in [0.15, 0.2) is 0 Å². The van der Waals surface area contributed by atoms with Crippen LogP contribution in [0, 0.1) is 17.9 Å². The lowest BCUT2D eigenvalue weighted by atomic mass is 10.00. The fourth-order valence-corrected chi connectivity index (χ4v) is 3.97. The Morgan fingerprint density at radius 1 is 1.33 bits per heavy atom. The summed E-state index contributed by atoms with van der Waals surface area (Å²) in [4.78, 5) is 23.7. The monoisotopic (exact) mass is 459 g/mol. The van der Waals surface area contributed by atoms with Gasteiger partial charge in [0.25, 0.3) is 5.91 Å². The Morgan fingerprint density at radius 3 is 2.73 bits per heavy atom. The predicted octanol–water partition coefficient (Wildman–Crippen LogP) is 3.14. The third-order valence-electron chi connectivity index (χ3n) is 4.58. The Hall–Kier alpha value is -4.12. The molecule has 0 spiro atoms. The number of nitriles is 1. The molecule has 3 aromatic rings. The number of amides is 1. The molecule has 33 heavy (non-hydrogen) atoms. The fraction of sp³-hybridized carbons (Fsp3) is 0.174. The summed E-state index contributed by atoms with van der Waals surface area (Å²) in [6.07, 6.45) is 1.55. The van der Waals surface area contributed by atoms with Gasteiger partial charge in [0.05, 0.1) is 12.1 Å². The number of carbonyl (C=O) groups is 1. The molecule has 2 heterocycles. The van der Waals surface area contributed by atoms with Crippen LogP contribution in [0.3, 0.4) is 0 Å². The van der Waals surface area contributed by atoms with Crippen LogP contribution in [0.25, 0.3) is 16.0 Å². The number of nitrogens with two attached hydrogens (primary N) is 2. The van der Waals surface area contributed by atoms with Crippen LogP contribution in [0.15, 0.2) is 47.6 Å². The van der Waals surface area contributed by atoms with Gasteiger partial charge in [-0.3, -0.25) is 9.78 Å². The quantitative estimate of drug-likeness (QED) is 0.344. The second-order valence-corrected chi connectivity index (χ2v) is 7.67. The third kappa shape index (κ3) is 5.39. The number of rotatable bonds is 8. The Labute approximate surface area is 195 Å². The van der Waals surface area contributed by atoms with Gasteiger partial charge in [0.2, 0.25) is 5.69 Å². The predicted molar refractivity (Wildman–Crippen MR) is 127 cm³/mol. The lowest BCUT2D eigenvalue weighted by molar-refractivity contribution is 0.0958. The van der Waals surface area contributed by atoms with Crippen molar-refractivity contribution in [3.05, 3.63) is 70.8 Å². The highest BCUT2D eigenvalue weighted by Gasteiger charge is 2.21. The number of thioether (sulfide) groups is 1. The number of hydrogen-bond donors (Lipinski definition) is 3. The van der Waals surface area contributed by atoms with Crippen molar-refractivity contribution in [3.63, 3.8) is 0 Å². The largest absolute Gasteiger partial charge is 0.492 e. The van der Waals surface area contributed by atoms with Crippen molar-refractivity contribution in [2.75, 3.05) is 25.9 Å². The first-order valence-electron chi connectivity index (χ1n) is 9.86. The average Bonchev–Trinajstić information content (AvgIpc) is 2.85. The van der Waals surface area contributed by atoms with E-state index in [9.17, 15) is 10.1 Å². The van der Waals surface area contributed by atoms with Gasteiger partial charge in [0, 0.05) is 31.1 Å². The number of anilines is 1. The molecule has 0 bridgehead atoms. The van der Waals surface area contributed by atoms with Gasteiger partial charge in [-0.15, -0.1) is 11.8 Å². The number of nitrogens with one attached hydrogen (secondary N) is 1. The zero-order chi connectivity index (χ0) is 23.8. The molecule has 0 aliphatic carbocycles. The molecule has 0 saturated heterocycles. The van der Waals surface area contributed by atoms with Crippen molar-refractivity contribution in [2.24, 2.45) is 5.73 Å². The first kappa shape index (κ1) is 23.5. The Kier molecular flexibility index (Phi) is 7.82. The summed E-state index contributed by atoms with van der Waals surface area (Å²) in [6, 6.07) is 12.7. The molecule has 1 amide bonds. The van der Waals surface area contributed by atoms with E-state index in [1.165, 1.54) is 18.8 Å². The van der Waals surface area contributed by atoms with Crippen LogP contribution in [0.1, 0.15) is 21.6 Å². The summed E-state index contributed by atoms with van der Waals surface area (Å²) in [5.74, 6) is 0.819. The first-order valence-corrected chi connectivity index (χ1v) is 10.8. The van der Waals surface area contributed by atoms with Crippen LogP contribution in [0.2, 0.25) is 0 Å². The summed E-state index contributed by atoms with van der Waals surface area (Å²) in [5, 5.41) is 12.9. The van der Waals surface area contributed by atoms with Gasteiger partial charge in [-0.2, -0.15) is 5.26 Å². The molecule has 0 aliphatic heterocycles. The van der Waals surface area contributed by atoms with E-state index < -0.39 is 0 Å². The average molecular weight is 460 g/mol. The normalized spacial score (nSPS) is 10.2. The second kappa shape index (κ2) is 11.0. The number of hydrogen-bond acceptors (Lipinski definition) is 8. The summed E-state index contributed by atoms with van der Waals surface area (Å²) in [6.45, 7) is 8.35. The van der Waals surface area contributed by atoms with Gasteiger partial charge in [0.1, 0.15) is 35.0 Å². The highest BCUT2D eigenvalue weighted by molar-refractivity contribution is 7.98. The highest BCUT2D eigenvalue weighted by Crippen LogP contribution is 2.42. The lowest BCUT2D eigenvalue weighted by Gasteiger charge is -2.14. The van der Waals surface area contributed by atoms with Crippen molar-refractivity contribution in [3.8, 4) is 22.9 Å². The Balaban J connectivity index is 1.98. The summed E-state index contributed by atoms with van der Waals surface area (Å²) < 4.78 is 5.50. The number of pyridine rings is 2. The van der Waals surface area contributed by atoms with Gasteiger partial charge < -0.3 is 21.5 Å². The third-order valence-corrected chi connectivity index (χ3v) is 5.62. The number of benzene rings is 1. The van der Waals surface area contributed by atoms with Crippen LogP contribution in [-0.4, -0.2) is 36.1 Å². The van der Waals surface area contributed by atoms with Crippen LogP contribution < -0.4 is 21.5 Å². The molecule has 0 aliphatic rings. The van der Waals surface area contributed by atoms with Gasteiger partial charge >= 0.3 is 0 Å². The molecular formula is C23H21N7O2S. The Morgan fingerprint density at radius 2 is 2.09 bits per heavy atom. The molecule has 2 aromatic heterocycles. The number of aromatic nitrogens is 2. The summed E-state index contributed by atoms with van der Waals surface area (Å²) >= 11 is 1.29. The van der Waals surface area contributed by atoms with Gasteiger partial charge in [-0.05, 0) is 35.4 Å². The molecule has 0 saturated carbocycles. The van der Waals surface area contributed by atoms with E-state index in [-0.39, 0.29) is 23.0 Å². The number of nitrogen functional groups attached to an aromatic ring is 1. The van der Waals surface area contributed by atoms with Crippen molar-refractivity contribution < 1.29 is 9.53 Å². The molecule has 0 fully saturated rings. The van der Waals surface area contributed by atoms with E-state index in [4.69, 9.17) is 22.8 Å². The molecular weight excluding hydrogens is 438 g/mol. The molecule has 10 heteroatoms. The van der Waals surface area contributed by atoms with Gasteiger partial charge in [-0.25, -0.2) is 9.83 Å². The minimum absolute atomic E-state index is 0.0470. The van der Waals surface area contributed by atoms with E-state index in [2.05, 4.69) is 26.2 Å². The van der Waals surface area contributed by atoms with Crippen LogP contribution >= 0.6 is 11.8 Å². The van der Waals surface area contributed by atoms with Crippen molar-refractivity contribution in [1.82, 2.24) is 15.3 Å². The van der Waals surface area contributed by atoms with E-state index in [0.29, 0.717) is 46.5 Å². The molecule has 0 radical (unpaired) electrons. The first-order chi connectivity index (χ1) is 16.0. The number of nitrogens with zero attached hydrogens (tertiary/aromatic N) is 4. The molecule has 166 valence electrons. The number of ether oxygens (including phenoxy) is 1. The van der Waals surface area contributed by atoms with Gasteiger partial charge in [-0.1, -0.05) is 12.1 Å². The summed E-state index contributed by atoms with van der Waals surface area (Å²) in [5.41, 5.74) is 14.1. The zero-order valence-electron chi connectivity index (χ0n) is 17.8.